The Morgan fingerprint density at radius 3 is 2.35 bits per heavy atom. The van der Waals surface area contributed by atoms with Crippen molar-refractivity contribution in [2.75, 3.05) is 6.54 Å². The molecule has 0 aliphatic carbocycles. The summed E-state index contributed by atoms with van der Waals surface area (Å²) in [6.07, 6.45) is -3.97. The average Bonchev–Trinajstić information content (AvgIpc) is 3.09. The van der Waals surface area contributed by atoms with Crippen molar-refractivity contribution in [2.24, 2.45) is 5.11 Å². The van der Waals surface area contributed by atoms with E-state index in [0.717, 1.165) is 11.6 Å². The van der Waals surface area contributed by atoms with Crippen molar-refractivity contribution in [3.05, 3.63) is 82.4 Å². The minimum absolute atomic E-state index is 0.325. The lowest BCUT2D eigenvalue weighted by Gasteiger charge is -2.08. The fraction of sp³-hybridized carbons (Fsp3) is 0.167. The smallest absolute Gasteiger partial charge is 0.233 e. The number of hydrogen-bond donors (Lipinski definition) is 0. The van der Waals surface area contributed by atoms with Crippen LogP contribution >= 0.6 is 0 Å². The van der Waals surface area contributed by atoms with E-state index >= 15 is 0 Å². The molecular formula is C18H14F3N5. The maximum absolute atomic E-state index is 13.1. The van der Waals surface area contributed by atoms with Gasteiger partial charge in [-0.2, -0.15) is 18.3 Å². The van der Waals surface area contributed by atoms with Crippen LogP contribution in [0.1, 0.15) is 11.3 Å². The average molecular weight is 357 g/mol. The van der Waals surface area contributed by atoms with Crippen molar-refractivity contribution < 1.29 is 13.2 Å². The van der Waals surface area contributed by atoms with Gasteiger partial charge >= 0.3 is 6.18 Å². The van der Waals surface area contributed by atoms with E-state index in [-0.39, 0.29) is 0 Å². The van der Waals surface area contributed by atoms with Crippen LogP contribution in [0, 0.1) is 0 Å². The SMILES string of the molecule is [N-]=[N+]=NCCc1ccc(-n2nc(C(F)(F)F)cc2-c2ccccc2)cc1. The number of aromatic nitrogens is 2. The zero-order valence-electron chi connectivity index (χ0n) is 13.6. The zero-order chi connectivity index (χ0) is 18.6. The van der Waals surface area contributed by atoms with Crippen LogP contribution < -0.4 is 0 Å². The van der Waals surface area contributed by atoms with Crippen molar-refractivity contribution >= 4 is 0 Å². The molecule has 132 valence electrons. The first-order valence-electron chi connectivity index (χ1n) is 7.82. The molecule has 0 aliphatic rings. The summed E-state index contributed by atoms with van der Waals surface area (Å²) >= 11 is 0. The Morgan fingerprint density at radius 2 is 1.73 bits per heavy atom. The van der Waals surface area contributed by atoms with Gasteiger partial charge in [-0.15, -0.1) is 0 Å². The standard InChI is InChI=1S/C18H14F3N5/c19-18(20,21)17-12-16(14-4-2-1-3-5-14)26(24-17)15-8-6-13(7-9-15)10-11-23-25-22/h1-9,12H,10-11H2. The molecule has 0 saturated heterocycles. The van der Waals surface area contributed by atoms with E-state index in [2.05, 4.69) is 15.1 Å². The predicted octanol–water partition coefficient (Wildman–Crippen LogP) is 5.41. The van der Waals surface area contributed by atoms with Crippen LogP contribution in [0.5, 0.6) is 0 Å². The highest BCUT2D eigenvalue weighted by Crippen LogP contribution is 2.33. The van der Waals surface area contributed by atoms with Gasteiger partial charge in [0, 0.05) is 17.0 Å². The fourth-order valence-corrected chi connectivity index (χ4v) is 2.56. The molecule has 0 saturated carbocycles. The monoisotopic (exact) mass is 357 g/mol. The molecule has 0 atom stereocenters. The molecule has 0 spiro atoms. The van der Waals surface area contributed by atoms with Gasteiger partial charge in [0.25, 0.3) is 0 Å². The molecule has 0 radical (unpaired) electrons. The third kappa shape index (κ3) is 3.87. The fourth-order valence-electron chi connectivity index (χ4n) is 2.56. The van der Waals surface area contributed by atoms with Crippen LogP contribution in [0.4, 0.5) is 13.2 Å². The number of rotatable bonds is 5. The van der Waals surface area contributed by atoms with E-state index in [4.69, 9.17) is 5.53 Å². The molecule has 1 aromatic heterocycles. The second kappa shape index (κ2) is 7.33. The summed E-state index contributed by atoms with van der Waals surface area (Å²) < 4.78 is 40.7. The van der Waals surface area contributed by atoms with E-state index in [0.29, 0.717) is 29.9 Å². The van der Waals surface area contributed by atoms with Crippen LogP contribution in [0.25, 0.3) is 27.4 Å². The molecule has 3 aromatic rings. The highest BCUT2D eigenvalue weighted by atomic mass is 19.4. The molecule has 26 heavy (non-hydrogen) atoms. The van der Waals surface area contributed by atoms with Crippen molar-refractivity contribution in [3.8, 4) is 16.9 Å². The van der Waals surface area contributed by atoms with Gasteiger partial charge in [0.1, 0.15) is 0 Å². The highest BCUT2D eigenvalue weighted by molar-refractivity contribution is 5.62. The predicted molar refractivity (Wildman–Crippen MR) is 91.7 cm³/mol. The molecule has 1 heterocycles. The van der Waals surface area contributed by atoms with Gasteiger partial charge in [0.15, 0.2) is 5.69 Å². The van der Waals surface area contributed by atoms with Crippen LogP contribution in [0.2, 0.25) is 0 Å². The second-order valence-electron chi connectivity index (χ2n) is 5.56. The normalized spacial score (nSPS) is 11.2. The summed E-state index contributed by atoms with van der Waals surface area (Å²) in [5.74, 6) is 0. The van der Waals surface area contributed by atoms with E-state index in [1.54, 1.807) is 54.6 Å². The Bertz CT molecular complexity index is 924. The zero-order valence-corrected chi connectivity index (χ0v) is 13.6. The van der Waals surface area contributed by atoms with Gasteiger partial charge in [0.05, 0.1) is 11.4 Å². The number of nitrogens with zero attached hydrogens (tertiary/aromatic N) is 5. The minimum atomic E-state index is -4.52. The summed E-state index contributed by atoms with van der Waals surface area (Å²) in [6, 6.07) is 16.8. The Kier molecular flexibility index (Phi) is 4.95. The van der Waals surface area contributed by atoms with Crippen molar-refractivity contribution in [3.63, 3.8) is 0 Å². The molecule has 0 fully saturated rings. The first-order valence-corrected chi connectivity index (χ1v) is 7.82. The number of alkyl halides is 3. The largest absolute Gasteiger partial charge is 0.435 e. The van der Waals surface area contributed by atoms with E-state index in [9.17, 15) is 13.2 Å². The second-order valence-corrected chi connectivity index (χ2v) is 5.56. The van der Waals surface area contributed by atoms with Crippen molar-refractivity contribution in [1.82, 2.24) is 9.78 Å². The third-order valence-corrected chi connectivity index (χ3v) is 3.81. The summed E-state index contributed by atoms with van der Waals surface area (Å²) in [5.41, 5.74) is 9.80. The van der Waals surface area contributed by atoms with Crippen molar-refractivity contribution in [1.29, 1.82) is 0 Å². The van der Waals surface area contributed by atoms with Crippen LogP contribution in [0.3, 0.4) is 0 Å². The van der Waals surface area contributed by atoms with Gasteiger partial charge in [0.2, 0.25) is 0 Å². The summed E-state index contributed by atoms with van der Waals surface area (Å²) in [5, 5.41) is 7.23. The molecule has 2 aromatic carbocycles. The molecule has 0 bridgehead atoms. The number of halogens is 3. The maximum atomic E-state index is 13.1. The molecule has 0 unspecified atom stereocenters. The third-order valence-electron chi connectivity index (χ3n) is 3.81. The lowest BCUT2D eigenvalue weighted by Crippen LogP contribution is -2.07. The van der Waals surface area contributed by atoms with Crippen LogP contribution in [-0.4, -0.2) is 16.3 Å². The van der Waals surface area contributed by atoms with E-state index in [1.165, 1.54) is 4.68 Å². The number of benzene rings is 2. The molecule has 3 rings (SSSR count). The first-order chi connectivity index (χ1) is 12.5. The first kappa shape index (κ1) is 17.6. The molecular weight excluding hydrogens is 343 g/mol. The molecule has 0 N–H and O–H groups in total. The minimum Gasteiger partial charge on any atom is -0.233 e. The van der Waals surface area contributed by atoms with E-state index < -0.39 is 11.9 Å². The van der Waals surface area contributed by atoms with Gasteiger partial charge in [-0.3, -0.25) is 0 Å². The quantitative estimate of drug-likeness (QED) is 0.342. The van der Waals surface area contributed by atoms with Crippen molar-refractivity contribution in [2.45, 2.75) is 12.6 Å². The number of azide groups is 1. The molecule has 0 amide bonds. The highest BCUT2D eigenvalue weighted by Gasteiger charge is 2.35. The van der Waals surface area contributed by atoms with Gasteiger partial charge in [-0.05, 0) is 35.7 Å². The summed E-state index contributed by atoms with van der Waals surface area (Å²) in [4.78, 5) is 2.69. The molecule has 5 nitrogen and oxygen atoms in total. The van der Waals surface area contributed by atoms with E-state index in [1.807, 2.05) is 0 Å². The topological polar surface area (TPSA) is 66.6 Å². The van der Waals surface area contributed by atoms with Crippen LogP contribution in [-0.2, 0) is 12.6 Å². The lowest BCUT2D eigenvalue weighted by molar-refractivity contribution is -0.141. The summed E-state index contributed by atoms with van der Waals surface area (Å²) in [6.45, 7) is 0.325. The molecule has 0 aliphatic heterocycles. The Labute approximate surface area is 147 Å². The van der Waals surface area contributed by atoms with Gasteiger partial charge < -0.3 is 0 Å². The van der Waals surface area contributed by atoms with Crippen LogP contribution in [0.15, 0.2) is 65.8 Å². The Hall–Kier alpha value is -3.25. The maximum Gasteiger partial charge on any atom is 0.435 e. The number of hydrogen-bond acceptors (Lipinski definition) is 2. The Morgan fingerprint density at radius 1 is 1.04 bits per heavy atom. The lowest BCUT2D eigenvalue weighted by atomic mass is 10.1. The molecule has 8 heteroatoms. The Balaban J connectivity index is 2.00. The van der Waals surface area contributed by atoms with Gasteiger partial charge in [-0.25, -0.2) is 4.68 Å². The summed E-state index contributed by atoms with van der Waals surface area (Å²) in [7, 11) is 0. The van der Waals surface area contributed by atoms with Gasteiger partial charge in [-0.1, -0.05) is 47.6 Å².